The maximum absolute atomic E-state index is 11.6. The van der Waals surface area contributed by atoms with Crippen LogP contribution in [0.15, 0.2) is 0 Å². The Balaban J connectivity index is 2.62. The van der Waals surface area contributed by atoms with Gasteiger partial charge in [0.25, 0.3) is 0 Å². The van der Waals surface area contributed by atoms with Gasteiger partial charge in [-0.05, 0) is 20.3 Å². The molecule has 0 saturated carbocycles. The van der Waals surface area contributed by atoms with Crippen molar-refractivity contribution in [3.05, 3.63) is 0 Å². The van der Waals surface area contributed by atoms with E-state index in [1.807, 2.05) is 4.90 Å². The average molecular weight is 184 g/mol. The number of carbonyl (C=O) groups is 1. The highest BCUT2D eigenvalue weighted by Gasteiger charge is 2.27. The number of nitrogens with zero attached hydrogens (tertiary/aromatic N) is 1. The van der Waals surface area contributed by atoms with Crippen LogP contribution in [0.4, 0.5) is 0 Å². The SMILES string of the molecule is CCCN1CC(C)(C)NCCC1=O. The van der Waals surface area contributed by atoms with Gasteiger partial charge in [-0.1, -0.05) is 6.92 Å². The molecule has 0 aliphatic carbocycles. The highest BCUT2D eigenvalue weighted by atomic mass is 16.2. The van der Waals surface area contributed by atoms with E-state index in [0.29, 0.717) is 12.3 Å². The molecule has 0 atom stereocenters. The normalized spacial score (nSPS) is 23.0. The van der Waals surface area contributed by atoms with Crippen molar-refractivity contribution in [2.24, 2.45) is 0 Å². The average Bonchev–Trinajstić information content (AvgIpc) is 2.12. The molecule has 0 aromatic rings. The van der Waals surface area contributed by atoms with Crippen LogP contribution < -0.4 is 5.32 Å². The van der Waals surface area contributed by atoms with Crippen LogP contribution in [0.1, 0.15) is 33.6 Å². The Morgan fingerprint density at radius 2 is 2.23 bits per heavy atom. The van der Waals surface area contributed by atoms with Gasteiger partial charge in [0.05, 0.1) is 0 Å². The molecule has 1 aliphatic rings. The zero-order valence-electron chi connectivity index (χ0n) is 8.89. The number of nitrogens with one attached hydrogen (secondary N) is 1. The first kappa shape index (κ1) is 10.5. The van der Waals surface area contributed by atoms with Gasteiger partial charge in [0.1, 0.15) is 0 Å². The molecule has 1 fully saturated rings. The van der Waals surface area contributed by atoms with E-state index < -0.39 is 0 Å². The molecule has 0 aromatic heterocycles. The van der Waals surface area contributed by atoms with Crippen molar-refractivity contribution >= 4 is 5.91 Å². The molecule has 3 heteroatoms. The molecule has 76 valence electrons. The third kappa shape index (κ3) is 2.99. The van der Waals surface area contributed by atoms with Crippen molar-refractivity contribution in [1.82, 2.24) is 10.2 Å². The van der Waals surface area contributed by atoms with Crippen molar-refractivity contribution in [2.45, 2.75) is 39.2 Å². The molecule has 13 heavy (non-hydrogen) atoms. The maximum Gasteiger partial charge on any atom is 0.223 e. The quantitative estimate of drug-likeness (QED) is 0.694. The van der Waals surface area contributed by atoms with Crippen molar-refractivity contribution in [3.63, 3.8) is 0 Å². The summed E-state index contributed by atoms with van der Waals surface area (Å²) in [6, 6.07) is 0. The van der Waals surface area contributed by atoms with Crippen molar-refractivity contribution < 1.29 is 4.79 Å². The third-order valence-electron chi connectivity index (χ3n) is 2.37. The summed E-state index contributed by atoms with van der Waals surface area (Å²) in [5, 5.41) is 3.38. The first-order valence-electron chi connectivity index (χ1n) is 5.08. The molecule has 1 amide bonds. The number of hydrogen-bond acceptors (Lipinski definition) is 2. The zero-order chi connectivity index (χ0) is 9.90. The Labute approximate surface area is 80.5 Å². The molecule has 1 aliphatic heterocycles. The van der Waals surface area contributed by atoms with Gasteiger partial charge < -0.3 is 10.2 Å². The predicted molar refractivity (Wildman–Crippen MR) is 53.6 cm³/mol. The first-order valence-corrected chi connectivity index (χ1v) is 5.08. The van der Waals surface area contributed by atoms with Gasteiger partial charge in [-0.2, -0.15) is 0 Å². The Kier molecular flexibility index (Phi) is 3.31. The third-order valence-corrected chi connectivity index (χ3v) is 2.37. The lowest BCUT2D eigenvalue weighted by Gasteiger charge is -2.29. The molecule has 3 nitrogen and oxygen atoms in total. The van der Waals surface area contributed by atoms with Crippen LogP contribution in [0, 0.1) is 0 Å². The number of hydrogen-bond donors (Lipinski definition) is 1. The molecule has 1 heterocycles. The summed E-state index contributed by atoms with van der Waals surface area (Å²) in [5.74, 6) is 0.292. The van der Waals surface area contributed by atoms with E-state index in [1.165, 1.54) is 0 Å². The van der Waals surface area contributed by atoms with E-state index in [1.54, 1.807) is 0 Å². The molecule has 0 bridgehead atoms. The van der Waals surface area contributed by atoms with Crippen LogP contribution in [-0.4, -0.2) is 36.0 Å². The van der Waals surface area contributed by atoms with E-state index in [0.717, 1.165) is 26.1 Å². The fourth-order valence-electron chi connectivity index (χ4n) is 1.76. The van der Waals surface area contributed by atoms with Gasteiger partial charge in [0, 0.05) is 31.6 Å². The van der Waals surface area contributed by atoms with Crippen molar-refractivity contribution in [3.8, 4) is 0 Å². The van der Waals surface area contributed by atoms with Gasteiger partial charge in [-0.25, -0.2) is 0 Å². The van der Waals surface area contributed by atoms with Crippen molar-refractivity contribution in [1.29, 1.82) is 0 Å². The molecule has 1 N–H and O–H groups in total. The van der Waals surface area contributed by atoms with E-state index in [9.17, 15) is 4.79 Å². The lowest BCUT2D eigenvalue weighted by atomic mass is 10.1. The second kappa shape index (κ2) is 4.09. The molecular weight excluding hydrogens is 164 g/mol. The van der Waals surface area contributed by atoms with Gasteiger partial charge in [0.15, 0.2) is 0 Å². The molecule has 0 radical (unpaired) electrons. The smallest absolute Gasteiger partial charge is 0.223 e. The second-order valence-corrected chi connectivity index (χ2v) is 4.38. The fraction of sp³-hybridized carbons (Fsp3) is 0.900. The van der Waals surface area contributed by atoms with Gasteiger partial charge >= 0.3 is 0 Å². The van der Waals surface area contributed by atoms with E-state index in [4.69, 9.17) is 0 Å². The van der Waals surface area contributed by atoms with E-state index in [-0.39, 0.29) is 5.54 Å². The Morgan fingerprint density at radius 3 is 2.85 bits per heavy atom. The minimum absolute atomic E-state index is 0.0708. The summed E-state index contributed by atoms with van der Waals surface area (Å²) in [5.41, 5.74) is 0.0708. The lowest BCUT2D eigenvalue weighted by Crippen LogP contribution is -2.47. The van der Waals surface area contributed by atoms with E-state index >= 15 is 0 Å². The number of carbonyl (C=O) groups excluding carboxylic acids is 1. The van der Waals surface area contributed by atoms with Crippen molar-refractivity contribution in [2.75, 3.05) is 19.6 Å². The summed E-state index contributed by atoms with van der Waals surface area (Å²) in [7, 11) is 0. The minimum atomic E-state index is 0.0708. The largest absolute Gasteiger partial charge is 0.341 e. The van der Waals surface area contributed by atoms with Crippen LogP contribution in [0.2, 0.25) is 0 Å². The van der Waals surface area contributed by atoms with Crippen LogP contribution in [0.3, 0.4) is 0 Å². The fourth-order valence-corrected chi connectivity index (χ4v) is 1.76. The summed E-state index contributed by atoms with van der Waals surface area (Å²) < 4.78 is 0. The maximum atomic E-state index is 11.6. The highest BCUT2D eigenvalue weighted by Crippen LogP contribution is 2.11. The summed E-state index contributed by atoms with van der Waals surface area (Å²) in [6.07, 6.45) is 1.69. The summed E-state index contributed by atoms with van der Waals surface area (Å²) >= 11 is 0. The standard InChI is InChI=1S/C10H20N2O/c1-4-7-12-8-10(2,3)11-6-5-9(12)13/h11H,4-8H2,1-3H3. The summed E-state index contributed by atoms with van der Waals surface area (Å²) in [4.78, 5) is 13.6. The highest BCUT2D eigenvalue weighted by molar-refractivity contribution is 5.76. The molecule has 0 unspecified atom stereocenters. The first-order chi connectivity index (χ1) is 6.05. The lowest BCUT2D eigenvalue weighted by molar-refractivity contribution is -0.130. The van der Waals surface area contributed by atoms with E-state index in [2.05, 4.69) is 26.1 Å². The minimum Gasteiger partial charge on any atom is -0.341 e. The van der Waals surface area contributed by atoms with Gasteiger partial charge in [0.2, 0.25) is 5.91 Å². The van der Waals surface area contributed by atoms with Gasteiger partial charge in [-0.15, -0.1) is 0 Å². The monoisotopic (exact) mass is 184 g/mol. The molecular formula is C10H20N2O. The topological polar surface area (TPSA) is 32.3 Å². The van der Waals surface area contributed by atoms with Gasteiger partial charge in [-0.3, -0.25) is 4.79 Å². The Hall–Kier alpha value is -0.570. The van der Waals surface area contributed by atoms with Crippen LogP contribution in [0.25, 0.3) is 0 Å². The molecule has 0 spiro atoms. The molecule has 1 rings (SSSR count). The Morgan fingerprint density at radius 1 is 1.54 bits per heavy atom. The van der Waals surface area contributed by atoms with Crippen LogP contribution in [0.5, 0.6) is 0 Å². The number of amides is 1. The van der Waals surface area contributed by atoms with Crippen LogP contribution in [-0.2, 0) is 4.79 Å². The second-order valence-electron chi connectivity index (χ2n) is 4.38. The molecule has 1 saturated heterocycles. The predicted octanol–water partition coefficient (Wildman–Crippen LogP) is 0.997. The number of rotatable bonds is 2. The summed E-state index contributed by atoms with van der Waals surface area (Å²) in [6.45, 7) is 8.94. The Bertz CT molecular complexity index is 189. The zero-order valence-corrected chi connectivity index (χ0v) is 8.89. The molecule has 0 aromatic carbocycles. The van der Waals surface area contributed by atoms with Crippen LogP contribution >= 0.6 is 0 Å².